The van der Waals surface area contributed by atoms with Crippen LogP contribution in [-0.2, 0) is 27.5 Å². The molecule has 2 fully saturated rings. The Bertz CT molecular complexity index is 1220. The third kappa shape index (κ3) is 4.93. The van der Waals surface area contributed by atoms with Gasteiger partial charge in [0.1, 0.15) is 17.9 Å². The number of halogens is 4. The minimum absolute atomic E-state index is 0.0115. The molecule has 33 heavy (non-hydrogen) atoms. The van der Waals surface area contributed by atoms with Gasteiger partial charge in [0.25, 0.3) is 5.56 Å². The maximum absolute atomic E-state index is 13.3. The molecule has 2 aromatic rings. The predicted octanol–water partition coefficient (Wildman–Crippen LogP) is 1.81. The molecule has 4 rings (SSSR count). The summed E-state index contributed by atoms with van der Waals surface area (Å²) in [6.07, 6.45) is -3.53. The van der Waals surface area contributed by atoms with Crippen LogP contribution in [-0.4, -0.2) is 59.5 Å². The van der Waals surface area contributed by atoms with Crippen LogP contribution in [0.3, 0.4) is 0 Å². The SMILES string of the molecule is O=C(Cn1nc(C2CC2)cc(C(F)(F)F)c1=O)N1CCN(S(=O)(=O)c2ccc(F)cc2)CC1. The average molecular weight is 488 g/mol. The summed E-state index contributed by atoms with van der Waals surface area (Å²) in [7, 11) is -3.89. The molecule has 1 aliphatic heterocycles. The van der Waals surface area contributed by atoms with Crippen LogP contribution in [0.25, 0.3) is 0 Å². The van der Waals surface area contributed by atoms with Gasteiger partial charge in [0.2, 0.25) is 15.9 Å². The van der Waals surface area contributed by atoms with Gasteiger partial charge < -0.3 is 4.90 Å². The lowest BCUT2D eigenvalue weighted by atomic mass is 10.2. The summed E-state index contributed by atoms with van der Waals surface area (Å²) in [5, 5.41) is 3.96. The standard InChI is InChI=1S/C20H20F4N4O4S/c21-14-3-5-15(6-4-14)33(31,32)27-9-7-26(8-10-27)18(29)12-28-19(30)16(20(22,23)24)11-17(25-28)13-1-2-13/h3-6,11,13H,1-2,7-10,12H2. The molecule has 1 aromatic carbocycles. The van der Waals surface area contributed by atoms with E-state index < -0.39 is 45.6 Å². The van der Waals surface area contributed by atoms with Crippen molar-refractivity contribution in [2.75, 3.05) is 26.2 Å². The fraction of sp³-hybridized carbons (Fsp3) is 0.450. The Morgan fingerprint density at radius 3 is 2.21 bits per heavy atom. The highest BCUT2D eigenvalue weighted by Gasteiger charge is 2.38. The van der Waals surface area contributed by atoms with Crippen molar-refractivity contribution in [1.82, 2.24) is 19.0 Å². The minimum atomic E-state index is -4.87. The summed E-state index contributed by atoms with van der Waals surface area (Å²) < 4.78 is 80.0. The maximum atomic E-state index is 13.3. The molecular formula is C20H20F4N4O4S. The van der Waals surface area contributed by atoms with E-state index in [1.165, 1.54) is 4.90 Å². The average Bonchev–Trinajstić information content (AvgIpc) is 3.60. The van der Waals surface area contributed by atoms with Crippen molar-refractivity contribution in [3.05, 3.63) is 57.8 Å². The Morgan fingerprint density at radius 1 is 1.06 bits per heavy atom. The lowest BCUT2D eigenvalue weighted by Gasteiger charge is -2.34. The van der Waals surface area contributed by atoms with E-state index in [9.17, 15) is 35.6 Å². The summed E-state index contributed by atoms with van der Waals surface area (Å²) in [6.45, 7) is -0.800. The molecule has 2 aliphatic rings. The quantitative estimate of drug-likeness (QED) is 0.599. The van der Waals surface area contributed by atoms with Crippen LogP contribution in [0.2, 0.25) is 0 Å². The van der Waals surface area contributed by atoms with E-state index in [1.807, 2.05) is 0 Å². The summed E-state index contributed by atoms with van der Waals surface area (Å²) in [6, 6.07) is 5.10. The third-order valence-corrected chi connectivity index (χ3v) is 7.53. The molecule has 0 N–H and O–H groups in total. The first-order valence-corrected chi connectivity index (χ1v) is 11.6. The van der Waals surface area contributed by atoms with Gasteiger partial charge in [0, 0.05) is 32.1 Å². The number of alkyl halides is 3. The van der Waals surface area contributed by atoms with Crippen molar-refractivity contribution < 1.29 is 30.8 Å². The summed E-state index contributed by atoms with van der Waals surface area (Å²) in [5.41, 5.74) is -2.62. The normalized spacial score (nSPS) is 17.9. The zero-order chi connectivity index (χ0) is 24.0. The minimum Gasteiger partial charge on any atom is -0.338 e. The van der Waals surface area contributed by atoms with E-state index in [4.69, 9.17) is 0 Å². The van der Waals surface area contributed by atoms with Gasteiger partial charge in [-0.05, 0) is 43.2 Å². The number of rotatable bonds is 5. The van der Waals surface area contributed by atoms with Crippen molar-refractivity contribution in [2.24, 2.45) is 0 Å². The molecule has 178 valence electrons. The largest absolute Gasteiger partial charge is 0.421 e. The molecule has 0 unspecified atom stereocenters. The van der Waals surface area contributed by atoms with Gasteiger partial charge in [-0.15, -0.1) is 0 Å². The third-order valence-electron chi connectivity index (χ3n) is 5.62. The number of sulfonamides is 1. The van der Waals surface area contributed by atoms with E-state index in [0.29, 0.717) is 17.5 Å². The Kier molecular flexibility index (Phi) is 6.03. The second-order valence-corrected chi connectivity index (χ2v) is 9.89. The molecule has 8 nitrogen and oxygen atoms in total. The van der Waals surface area contributed by atoms with Crippen molar-refractivity contribution in [3.63, 3.8) is 0 Å². The highest BCUT2D eigenvalue weighted by Crippen LogP contribution is 2.40. The molecule has 1 saturated carbocycles. The highest BCUT2D eigenvalue weighted by molar-refractivity contribution is 7.89. The number of amides is 1. The molecule has 1 amide bonds. The lowest BCUT2D eigenvalue weighted by Crippen LogP contribution is -2.51. The van der Waals surface area contributed by atoms with E-state index in [1.54, 1.807) is 0 Å². The summed E-state index contributed by atoms with van der Waals surface area (Å²) >= 11 is 0. The van der Waals surface area contributed by atoms with Crippen molar-refractivity contribution in [1.29, 1.82) is 0 Å². The molecule has 0 bridgehead atoms. The Labute approximate surface area is 186 Å². The van der Waals surface area contributed by atoms with Gasteiger partial charge >= 0.3 is 6.18 Å². The molecule has 0 radical (unpaired) electrons. The van der Waals surface area contributed by atoms with Gasteiger partial charge in [-0.1, -0.05) is 0 Å². The zero-order valence-corrected chi connectivity index (χ0v) is 18.1. The van der Waals surface area contributed by atoms with E-state index in [2.05, 4.69) is 5.10 Å². The molecular weight excluding hydrogens is 468 g/mol. The number of carbonyl (C=O) groups is 1. The van der Waals surface area contributed by atoms with Gasteiger partial charge in [-0.25, -0.2) is 17.5 Å². The van der Waals surface area contributed by atoms with Gasteiger partial charge in [0.05, 0.1) is 10.6 Å². The van der Waals surface area contributed by atoms with E-state index in [-0.39, 0.29) is 42.7 Å². The smallest absolute Gasteiger partial charge is 0.338 e. The fourth-order valence-corrected chi connectivity index (χ4v) is 5.03. The Morgan fingerprint density at radius 2 is 1.67 bits per heavy atom. The molecule has 2 heterocycles. The number of hydrogen-bond acceptors (Lipinski definition) is 5. The number of nitrogens with zero attached hydrogens (tertiary/aromatic N) is 4. The molecule has 0 atom stereocenters. The van der Waals surface area contributed by atoms with Gasteiger partial charge in [0.15, 0.2) is 0 Å². The molecule has 1 aromatic heterocycles. The van der Waals surface area contributed by atoms with Gasteiger partial charge in [-0.3, -0.25) is 9.59 Å². The Hall–Kier alpha value is -2.80. The van der Waals surface area contributed by atoms with Crippen LogP contribution in [0.15, 0.2) is 40.0 Å². The molecule has 1 saturated heterocycles. The number of piperazine rings is 1. The first kappa shape index (κ1) is 23.4. The van der Waals surface area contributed by atoms with Crippen LogP contribution in [0.1, 0.15) is 30.0 Å². The van der Waals surface area contributed by atoms with Crippen molar-refractivity contribution >= 4 is 15.9 Å². The lowest BCUT2D eigenvalue weighted by molar-refractivity contribution is -0.140. The number of hydrogen-bond donors (Lipinski definition) is 0. The van der Waals surface area contributed by atoms with Crippen LogP contribution in [0, 0.1) is 5.82 Å². The van der Waals surface area contributed by atoms with Crippen LogP contribution in [0.5, 0.6) is 0 Å². The number of benzene rings is 1. The zero-order valence-electron chi connectivity index (χ0n) is 17.3. The van der Waals surface area contributed by atoms with E-state index >= 15 is 0 Å². The van der Waals surface area contributed by atoms with Crippen LogP contribution in [0.4, 0.5) is 17.6 Å². The van der Waals surface area contributed by atoms with Crippen LogP contribution < -0.4 is 5.56 Å². The summed E-state index contributed by atoms with van der Waals surface area (Å²) in [4.78, 5) is 26.2. The number of aromatic nitrogens is 2. The maximum Gasteiger partial charge on any atom is 0.421 e. The van der Waals surface area contributed by atoms with Crippen molar-refractivity contribution in [3.8, 4) is 0 Å². The predicted molar refractivity (Wildman–Crippen MR) is 107 cm³/mol. The van der Waals surface area contributed by atoms with Crippen LogP contribution >= 0.6 is 0 Å². The van der Waals surface area contributed by atoms with E-state index in [0.717, 1.165) is 34.6 Å². The monoisotopic (exact) mass is 488 g/mol. The summed E-state index contributed by atoms with van der Waals surface area (Å²) in [5.74, 6) is -1.37. The fourth-order valence-electron chi connectivity index (χ4n) is 3.61. The highest BCUT2D eigenvalue weighted by atomic mass is 32.2. The second-order valence-electron chi connectivity index (χ2n) is 7.96. The topological polar surface area (TPSA) is 92.6 Å². The van der Waals surface area contributed by atoms with Crippen molar-refractivity contribution in [2.45, 2.75) is 36.4 Å². The first-order valence-electron chi connectivity index (χ1n) is 10.2. The first-order chi connectivity index (χ1) is 15.5. The number of carbonyl (C=O) groups excluding carboxylic acids is 1. The Balaban J connectivity index is 1.46. The second kappa shape index (κ2) is 8.52. The molecule has 0 spiro atoms. The molecule has 13 heteroatoms. The van der Waals surface area contributed by atoms with Gasteiger partial charge in [-0.2, -0.15) is 22.6 Å². The molecule has 1 aliphatic carbocycles.